The summed E-state index contributed by atoms with van der Waals surface area (Å²) < 4.78 is 0. The van der Waals surface area contributed by atoms with Gasteiger partial charge in [0, 0.05) is 32.1 Å². The molecule has 1 aromatic carbocycles. The second kappa shape index (κ2) is 9.36. The molecule has 2 amide bonds. The van der Waals surface area contributed by atoms with Gasteiger partial charge in [0.05, 0.1) is 6.54 Å². The van der Waals surface area contributed by atoms with Gasteiger partial charge >= 0.3 is 0 Å². The number of carbonyl (C=O) groups excluding carboxylic acids is 2. The van der Waals surface area contributed by atoms with Crippen molar-refractivity contribution >= 4 is 11.8 Å². The molecule has 0 radical (unpaired) electrons. The number of carbonyl (C=O) groups is 2. The highest BCUT2D eigenvalue weighted by Crippen LogP contribution is 2.33. The number of likely N-dealkylation sites (tertiary alicyclic amines) is 2. The Morgan fingerprint density at radius 2 is 1.81 bits per heavy atom. The second-order valence-electron chi connectivity index (χ2n) is 7.95. The maximum absolute atomic E-state index is 12.6. The van der Waals surface area contributed by atoms with Gasteiger partial charge in [0.2, 0.25) is 11.8 Å². The largest absolute Gasteiger partial charge is 0.352 e. The lowest BCUT2D eigenvalue weighted by molar-refractivity contribution is -0.130. The van der Waals surface area contributed by atoms with Crippen LogP contribution in [0.25, 0.3) is 0 Å². The van der Waals surface area contributed by atoms with Crippen LogP contribution < -0.4 is 5.32 Å². The summed E-state index contributed by atoms with van der Waals surface area (Å²) in [5.41, 5.74) is 1.38. The summed E-state index contributed by atoms with van der Waals surface area (Å²) in [4.78, 5) is 28.3. The topological polar surface area (TPSA) is 52.7 Å². The molecule has 0 spiro atoms. The van der Waals surface area contributed by atoms with E-state index in [1.165, 1.54) is 5.56 Å². The van der Waals surface area contributed by atoms with Crippen LogP contribution in [0, 0.1) is 0 Å². The number of nitrogens with one attached hydrogen (secondary N) is 1. The predicted molar refractivity (Wildman–Crippen MR) is 107 cm³/mol. The second-order valence-corrected chi connectivity index (χ2v) is 7.95. The molecule has 2 saturated heterocycles. The first-order valence-corrected chi connectivity index (χ1v) is 10.4. The number of nitrogens with zero attached hydrogens (tertiary/aromatic N) is 2. The number of hydrogen-bond acceptors (Lipinski definition) is 3. The predicted octanol–water partition coefficient (Wildman–Crippen LogP) is 2.77. The molecule has 148 valence electrons. The van der Waals surface area contributed by atoms with Crippen LogP contribution in [0.2, 0.25) is 0 Å². The van der Waals surface area contributed by atoms with E-state index in [4.69, 9.17) is 0 Å². The van der Waals surface area contributed by atoms with E-state index in [9.17, 15) is 9.59 Å². The van der Waals surface area contributed by atoms with Crippen molar-refractivity contribution in [1.82, 2.24) is 15.1 Å². The highest BCUT2D eigenvalue weighted by molar-refractivity contribution is 5.78. The molecule has 3 rings (SSSR count). The van der Waals surface area contributed by atoms with Gasteiger partial charge in [0.1, 0.15) is 0 Å². The van der Waals surface area contributed by atoms with Crippen LogP contribution in [0.4, 0.5) is 0 Å². The van der Waals surface area contributed by atoms with Gasteiger partial charge in [0.15, 0.2) is 0 Å². The van der Waals surface area contributed by atoms with Crippen molar-refractivity contribution < 1.29 is 9.59 Å². The van der Waals surface area contributed by atoms with Gasteiger partial charge in [-0.25, -0.2) is 0 Å². The standard InChI is InChI=1S/C22H33N3O2/c1-3-20(18-8-5-4-6-9-18)21-10-7-13-25(21)16-22(27)23-19-11-14-24(15-12-19)17(2)26/h4-6,8-9,19-21H,3,7,10-16H2,1-2H3,(H,23,27). The molecule has 0 bridgehead atoms. The number of amides is 2. The lowest BCUT2D eigenvalue weighted by Gasteiger charge is -2.33. The molecule has 2 heterocycles. The van der Waals surface area contributed by atoms with Crippen LogP contribution in [0.3, 0.4) is 0 Å². The number of piperidine rings is 1. The summed E-state index contributed by atoms with van der Waals surface area (Å²) in [5.74, 6) is 0.748. The minimum atomic E-state index is 0.131. The monoisotopic (exact) mass is 371 g/mol. The highest BCUT2D eigenvalue weighted by atomic mass is 16.2. The van der Waals surface area contributed by atoms with Gasteiger partial charge in [0.25, 0.3) is 0 Å². The Morgan fingerprint density at radius 3 is 2.44 bits per heavy atom. The van der Waals surface area contributed by atoms with Crippen LogP contribution in [0.1, 0.15) is 57.4 Å². The zero-order chi connectivity index (χ0) is 19.2. The van der Waals surface area contributed by atoms with E-state index in [1.54, 1.807) is 6.92 Å². The average Bonchev–Trinajstić information content (AvgIpc) is 3.11. The number of hydrogen-bond donors (Lipinski definition) is 1. The lowest BCUT2D eigenvalue weighted by Crippen LogP contribution is -2.49. The van der Waals surface area contributed by atoms with Crippen molar-refractivity contribution in [3.63, 3.8) is 0 Å². The smallest absolute Gasteiger partial charge is 0.234 e. The summed E-state index contributed by atoms with van der Waals surface area (Å²) in [6, 6.07) is 11.4. The third-order valence-corrected chi connectivity index (χ3v) is 6.20. The van der Waals surface area contributed by atoms with E-state index < -0.39 is 0 Å². The molecule has 5 heteroatoms. The van der Waals surface area contributed by atoms with Crippen LogP contribution in [0.5, 0.6) is 0 Å². The van der Waals surface area contributed by atoms with Gasteiger partial charge in [-0.3, -0.25) is 14.5 Å². The Morgan fingerprint density at radius 1 is 1.11 bits per heavy atom. The van der Waals surface area contributed by atoms with Crippen molar-refractivity contribution in [1.29, 1.82) is 0 Å². The Bertz CT molecular complexity index is 626. The fourth-order valence-corrected chi connectivity index (χ4v) is 4.73. The van der Waals surface area contributed by atoms with E-state index in [1.807, 2.05) is 4.90 Å². The molecule has 1 aromatic rings. The normalized spacial score (nSPS) is 22.6. The summed E-state index contributed by atoms with van der Waals surface area (Å²) in [6.45, 7) is 6.85. The summed E-state index contributed by atoms with van der Waals surface area (Å²) in [6.07, 6.45) is 5.14. The molecule has 2 unspecified atom stereocenters. The van der Waals surface area contributed by atoms with E-state index in [-0.39, 0.29) is 17.9 Å². The average molecular weight is 372 g/mol. The van der Waals surface area contributed by atoms with Crippen LogP contribution in [-0.4, -0.2) is 59.9 Å². The molecular formula is C22H33N3O2. The summed E-state index contributed by atoms with van der Waals surface area (Å²) in [7, 11) is 0. The first kappa shape index (κ1) is 19.9. The summed E-state index contributed by atoms with van der Waals surface area (Å²) in [5, 5.41) is 3.20. The molecule has 2 fully saturated rings. The molecule has 1 N–H and O–H groups in total. The lowest BCUT2D eigenvalue weighted by atomic mass is 9.87. The van der Waals surface area contributed by atoms with E-state index in [2.05, 4.69) is 47.5 Å². The van der Waals surface area contributed by atoms with Gasteiger partial charge in [-0.2, -0.15) is 0 Å². The van der Waals surface area contributed by atoms with Gasteiger partial charge in [-0.05, 0) is 50.1 Å². The number of rotatable bonds is 6. The Labute approximate surface area is 163 Å². The maximum Gasteiger partial charge on any atom is 0.234 e. The van der Waals surface area contributed by atoms with Crippen molar-refractivity contribution in [3.05, 3.63) is 35.9 Å². The Hall–Kier alpha value is -1.88. The summed E-state index contributed by atoms with van der Waals surface area (Å²) >= 11 is 0. The molecule has 5 nitrogen and oxygen atoms in total. The molecule has 0 aromatic heterocycles. The van der Waals surface area contributed by atoms with Crippen LogP contribution in [-0.2, 0) is 9.59 Å². The fourth-order valence-electron chi connectivity index (χ4n) is 4.73. The molecular weight excluding hydrogens is 338 g/mol. The minimum Gasteiger partial charge on any atom is -0.352 e. The van der Waals surface area contributed by atoms with Gasteiger partial charge < -0.3 is 10.2 Å². The minimum absolute atomic E-state index is 0.131. The van der Waals surface area contributed by atoms with E-state index in [0.29, 0.717) is 18.5 Å². The van der Waals surface area contributed by atoms with Crippen LogP contribution in [0.15, 0.2) is 30.3 Å². The first-order valence-electron chi connectivity index (χ1n) is 10.4. The SMILES string of the molecule is CCC(c1ccccc1)C1CCCN1CC(=O)NC1CCN(C(C)=O)CC1. The quantitative estimate of drug-likeness (QED) is 0.837. The molecule has 27 heavy (non-hydrogen) atoms. The first-order chi connectivity index (χ1) is 13.1. The maximum atomic E-state index is 12.6. The van der Waals surface area contributed by atoms with Crippen molar-refractivity contribution in [2.45, 2.75) is 64.0 Å². The third-order valence-electron chi connectivity index (χ3n) is 6.20. The van der Waals surface area contributed by atoms with Gasteiger partial charge in [-0.15, -0.1) is 0 Å². The molecule has 2 atom stereocenters. The van der Waals surface area contributed by atoms with Crippen molar-refractivity contribution in [2.75, 3.05) is 26.2 Å². The Balaban J connectivity index is 1.53. The zero-order valence-corrected chi connectivity index (χ0v) is 16.7. The van der Waals surface area contributed by atoms with E-state index in [0.717, 1.165) is 51.7 Å². The Kier molecular flexibility index (Phi) is 6.89. The van der Waals surface area contributed by atoms with Crippen molar-refractivity contribution in [3.8, 4) is 0 Å². The highest BCUT2D eigenvalue weighted by Gasteiger charge is 2.33. The number of benzene rings is 1. The van der Waals surface area contributed by atoms with Crippen molar-refractivity contribution in [2.24, 2.45) is 0 Å². The fraction of sp³-hybridized carbons (Fsp3) is 0.636. The third kappa shape index (κ3) is 5.10. The molecule has 0 saturated carbocycles. The van der Waals surface area contributed by atoms with E-state index >= 15 is 0 Å². The zero-order valence-electron chi connectivity index (χ0n) is 16.7. The molecule has 2 aliphatic heterocycles. The molecule has 2 aliphatic rings. The van der Waals surface area contributed by atoms with Crippen LogP contribution >= 0.6 is 0 Å². The molecule has 0 aliphatic carbocycles. The van der Waals surface area contributed by atoms with Gasteiger partial charge in [-0.1, -0.05) is 37.3 Å².